The maximum Gasteiger partial charge on any atom is 0.411 e. The highest BCUT2D eigenvalue weighted by Crippen LogP contribution is 2.32. The Balaban J connectivity index is 1.67. The maximum atomic E-state index is 12.8. The largest absolute Gasteiger partial charge is 0.493 e. The molecule has 1 fully saturated rings. The molecule has 1 atom stereocenters. The molecule has 0 spiro atoms. The third kappa shape index (κ3) is 8.12. The van der Waals surface area contributed by atoms with Gasteiger partial charge in [0.2, 0.25) is 0 Å². The Labute approximate surface area is 203 Å². The summed E-state index contributed by atoms with van der Waals surface area (Å²) in [4.78, 5) is 15.1. The molecule has 0 aromatic heterocycles. The van der Waals surface area contributed by atoms with Gasteiger partial charge in [0, 0.05) is 25.2 Å². The third-order valence-electron chi connectivity index (χ3n) is 5.57. The van der Waals surface area contributed by atoms with Crippen molar-refractivity contribution in [2.24, 2.45) is 0 Å². The lowest BCUT2D eigenvalue weighted by Crippen LogP contribution is -2.43. The van der Waals surface area contributed by atoms with Crippen molar-refractivity contribution in [1.82, 2.24) is 10.2 Å². The molecule has 0 bridgehead atoms. The highest BCUT2D eigenvalue weighted by atomic mass is 19.4. The van der Waals surface area contributed by atoms with Crippen LogP contribution in [0.15, 0.2) is 42.5 Å². The molecule has 0 aliphatic carbocycles. The number of ether oxygens (including phenoxy) is 4. The number of hydrogen-bond acceptors (Lipinski definition) is 6. The van der Waals surface area contributed by atoms with Gasteiger partial charge in [-0.2, -0.15) is 13.2 Å². The Kier molecular flexibility index (Phi) is 9.76. The molecule has 1 aliphatic heterocycles. The van der Waals surface area contributed by atoms with Gasteiger partial charge in [-0.15, -0.1) is 0 Å². The van der Waals surface area contributed by atoms with Crippen LogP contribution in [0.3, 0.4) is 0 Å². The minimum absolute atomic E-state index is 0.109. The van der Waals surface area contributed by atoms with E-state index in [1.54, 1.807) is 31.4 Å². The molecule has 2 aromatic carbocycles. The molecule has 192 valence electrons. The summed E-state index contributed by atoms with van der Waals surface area (Å²) in [5.74, 6) is 1.00. The van der Waals surface area contributed by atoms with Crippen molar-refractivity contribution >= 4 is 5.91 Å². The first kappa shape index (κ1) is 26.8. The standard InChI is InChI=1S/C25H31F3N2O5/c1-3-35-22-9-8-20(14-23(22)32-2)21(30-10-12-33-13-11-30)15-29-24(31)19-6-4-18(5-7-19)16-34-17-25(26,27)28/h4-9,14,21H,3,10-13,15-17H2,1-2H3,(H,29,31). The van der Waals surface area contributed by atoms with Crippen LogP contribution in [0.25, 0.3) is 0 Å². The molecular weight excluding hydrogens is 465 g/mol. The summed E-state index contributed by atoms with van der Waals surface area (Å²) in [6.07, 6.45) is -4.37. The van der Waals surface area contributed by atoms with E-state index in [0.717, 1.165) is 18.7 Å². The van der Waals surface area contributed by atoms with E-state index in [1.807, 2.05) is 25.1 Å². The summed E-state index contributed by atoms with van der Waals surface area (Å²) >= 11 is 0. The summed E-state index contributed by atoms with van der Waals surface area (Å²) in [6.45, 7) is 3.95. The van der Waals surface area contributed by atoms with Crippen LogP contribution >= 0.6 is 0 Å². The molecule has 35 heavy (non-hydrogen) atoms. The second kappa shape index (κ2) is 12.8. The number of methoxy groups -OCH3 is 1. The molecule has 1 amide bonds. The van der Waals surface area contributed by atoms with Crippen molar-refractivity contribution in [3.63, 3.8) is 0 Å². The first-order valence-electron chi connectivity index (χ1n) is 11.4. The van der Waals surface area contributed by atoms with E-state index < -0.39 is 12.8 Å². The van der Waals surface area contributed by atoms with Gasteiger partial charge in [0.25, 0.3) is 5.91 Å². The van der Waals surface area contributed by atoms with Crippen LogP contribution in [0.1, 0.15) is 34.5 Å². The van der Waals surface area contributed by atoms with Crippen molar-refractivity contribution in [3.05, 3.63) is 59.2 Å². The predicted octanol–water partition coefficient (Wildman–Crippen LogP) is 3.98. The zero-order valence-electron chi connectivity index (χ0n) is 19.9. The number of nitrogens with zero attached hydrogens (tertiary/aromatic N) is 1. The number of carbonyl (C=O) groups is 1. The Morgan fingerprint density at radius 2 is 1.83 bits per heavy atom. The summed E-state index contributed by atoms with van der Waals surface area (Å²) in [7, 11) is 1.59. The topological polar surface area (TPSA) is 69.3 Å². The van der Waals surface area contributed by atoms with Crippen molar-refractivity contribution in [2.45, 2.75) is 25.7 Å². The highest BCUT2D eigenvalue weighted by Gasteiger charge is 2.27. The lowest BCUT2D eigenvalue weighted by Gasteiger charge is -2.35. The molecule has 0 saturated carbocycles. The molecule has 1 saturated heterocycles. The number of nitrogens with one attached hydrogen (secondary N) is 1. The second-order valence-corrected chi connectivity index (χ2v) is 8.02. The average molecular weight is 497 g/mol. The van der Waals surface area contributed by atoms with E-state index in [0.29, 0.717) is 49.0 Å². The van der Waals surface area contributed by atoms with Gasteiger partial charge in [-0.05, 0) is 42.3 Å². The number of alkyl halides is 3. The lowest BCUT2D eigenvalue weighted by molar-refractivity contribution is -0.176. The molecule has 7 nitrogen and oxygen atoms in total. The van der Waals surface area contributed by atoms with E-state index in [1.165, 1.54) is 0 Å². The van der Waals surface area contributed by atoms with Gasteiger partial charge in [-0.1, -0.05) is 18.2 Å². The van der Waals surface area contributed by atoms with Gasteiger partial charge in [-0.3, -0.25) is 9.69 Å². The van der Waals surface area contributed by atoms with Gasteiger partial charge in [-0.25, -0.2) is 0 Å². The number of carbonyl (C=O) groups excluding carboxylic acids is 1. The summed E-state index contributed by atoms with van der Waals surface area (Å²) < 4.78 is 58.0. The molecule has 2 aromatic rings. The van der Waals surface area contributed by atoms with Crippen LogP contribution in [0.4, 0.5) is 13.2 Å². The van der Waals surface area contributed by atoms with E-state index in [9.17, 15) is 18.0 Å². The minimum atomic E-state index is -4.37. The second-order valence-electron chi connectivity index (χ2n) is 8.02. The van der Waals surface area contributed by atoms with Crippen LogP contribution in [-0.2, 0) is 16.1 Å². The number of halogens is 3. The Morgan fingerprint density at radius 3 is 2.46 bits per heavy atom. The highest BCUT2D eigenvalue weighted by molar-refractivity contribution is 5.94. The number of rotatable bonds is 11. The normalized spacial score (nSPS) is 15.5. The zero-order chi connectivity index (χ0) is 25.3. The van der Waals surface area contributed by atoms with Crippen LogP contribution in [-0.4, -0.2) is 70.2 Å². The van der Waals surface area contributed by atoms with Crippen molar-refractivity contribution in [2.75, 3.05) is 53.2 Å². The SMILES string of the molecule is CCOc1ccc(C(CNC(=O)c2ccc(COCC(F)(F)F)cc2)N2CCOCC2)cc1OC. The summed E-state index contributed by atoms with van der Waals surface area (Å²) in [5, 5.41) is 2.98. The van der Waals surface area contributed by atoms with E-state index in [-0.39, 0.29) is 18.6 Å². The molecule has 1 heterocycles. The first-order chi connectivity index (χ1) is 16.8. The predicted molar refractivity (Wildman–Crippen MR) is 124 cm³/mol. The number of benzene rings is 2. The van der Waals surface area contributed by atoms with Crippen LogP contribution in [0, 0.1) is 0 Å². The maximum absolute atomic E-state index is 12.8. The molecule has 1 aliphatic rings. The van der Waals surface area contributed by atoms with Gasteiger partial charge in [0.1, 0.15) is 6.61 Å². The number of morpholine rings is 1. The fraction of sp³-hybridized carbons (Fsp3) is 0.480. The quantitative estimate of drug-likeness (QED) is 0.508. The monoisotopic (exact) mass is 496 g/mol. The zero-order valence-corrected chi connectivity index (χ0v) is 19.9. The molecule has 10 heteroatoms. The average Bonchev–Trinajstić information content (AvgIpc) is 2.85. The minimum Gasteiger partial charge on any atom is -0.493 e. The molecule has 3 rings (SSSR count). The van der Waals surface area contributed by atoms with Crippen molar-refractivity contribution in [3.8, 4) is 11.5 Å². The van der Waals surface area contributed by atoms with Gasteiger partial charge >= 0.3 is 6.18 Å². The van der Waals surface area contributed by atoms with Gasteiger partial charge in [0.15, 0.2) is 11.5 Å². The Hall–Kier alpha value is -2.82. The van der Waals surface area contributed by atoms with E-state index in [2.05, 4.69) is 15.0 Å². The Morgan fingerprint density at radius 1 is 1.11 bits per heavy atom. The van der Waals surface area contributed by atoms with Gasteiger partial charge < -0.3 is 24.3 Å². The third-order valence-corrected chi connectivity index (χ3v) is 5.57. The number of hydrogen-bond donors (Lipinski definition) is 1. The van der Waals surface area contributed by atoms with Crippen molar-refractivity contribution < 1.29 is 36.9 Å². The molecule has 1 unspecified atom stereocenters. The fourth-order valence-corrected chi connectivity index (χ4v) is 3.84. The molecule has 0 radical (unpaired) electrons. The fourth-order valence-electron chi connectivity index (χ4n) is 3.84. The van der Waals surface area contributed by atoms with Gasteiger partial charge in [0.05, 0.1) is 39.6 Å². The molecule has 1 N–H and O–H groups in total. The lowest BCUT2D eigenvalue weighted by atomic mass is 10.0. The van der Waals surface area contributed by atoms with Crippen LogP contribution in [0.5, 0.6) is 11.5 Å². The van der Waals surface area contributed by atoms with Crippen LogP contribution < -0.4 is 14.8 Å². The summed E-state index contributed by atoms with van der Waals surface area (Å²) in [5.41, 5.74) is 1.94. The van der Waals surface area contributed by atoms with Crippen LogP contribution in [0.2, 0.25) is 0 Å². The smallest absolute Gasteiger partial charge is 0.411 e. The molecular formula is C25H31F3N2O5. The Bertz CT molecular complexity index is 947. The van der Waals surface area contributed by atoms with Crippen molar-refractivity contribution in [1.29, 1.82) is 0 Å². The number of amides is 1. The summed E-state index contributed by atoms with van der Waals surface area (Å²) in [6, 6.07) is 12.0. The van der Waals surface area contributed by atoms with E-state index in [4.69, 9.17) is 14.2 Å². The van der Waals surface area contributed by atoms with E-state index >= 15 is 0 Å². The first-order valence-corrected chi connectivity index (χ1v) is 11.4.